The van der Waals surface area contributed by atoms with Crippen molar-refractivity contribution in [3.8, 4) is 0 Å². The number of carbonyl (C=O) groups is 2. The molecule has 0 radical (unpaired) electrons. The van der Waals surface area contributed by atoms with E-state index in [-0.39, 0.29) is 35.5 Å². The summed E-state index contributed by atoms with van der Waals surface area (Å²) in [6.45, 7) is 0. The third-order valence-electron chi connectivity index (χ3n) is 7.44. The van der Waals surface area contributed by atoms with Crippen LogP contribution >= 0.6 is 0 Å². The standard InChI is InChI=1S/C28H19NO2/c30-27-25-23-19-9-3-4-10-20(19)24(22-12-6-5-11-21(22)23)26(25)28(31)29(27)18-14-13-16-7-1-2-8-17(16)15-18/h1-15,23-26H/t23?,24?,25-,26-/m0/s1. The van der Waals surface area contributed by atoms with Gasteiger partial charge in [0.05, 0.1) is 17.5 Å². The Morgan fingerprint density at radius 3 is 1.48 bits per heavy atom. The molecule has 8 rings (SSSR count). The van der Waals surface area contributed by atoms with Gasteiger partial charge in [0, 0.05) is 11.8 Å². The Morgan fingerprint density at radius 2 is 0.968 bits per heavy atom. The summed E-state index contributed by atoms with van der Waals surface area (Å²) in [5, 5.41) is 2.13. The molecule has 0 unspecified atom stereocenters. The van der Waals surface area contributed by atoms with Crippen LogP contribution in [0, 0.1) is 11.8 Å². The third kappa shape index (κ3) is 2.08. The minimum Gasteiger partial charge on any atom is -0.274 e. The van der Waals surface area contributed by atoms with E-state index in [4.69, 9.17) is 0 Å². The summed E-state index contributed by atoms with van der Waals surface area (Å²) in [7, 11) is 0. The van der Waals surface area contributed by atoms with Gasteiger partial charge in [-0.2, -0.15) is 0 Å². The van der Waals surface area contributed by atoms with Crippen molar-refractivity contribution in [1.82, 2.24) is 0 Å². The van der Waals surface area contributed by atoms with Gasteiger partial charge in [0.25, 0.3) is 0 Å². The Bertz CT molecular complexity index is 1310. The van der Waals surface area contributed by atoms with Crippen molar-refractivity contribution >= 4 is 28.3 Å². The van der Waals surface area contributed by atoms with E-state index in [0.29, 0.717) is 5.69 Å². The van der Waals surface area contributed by atoms with Gasteiger partial charge in [0.1, 0.15) is 0 Å². The van der Waals surface area contributed by atoms with Crippen LogP contribution in [0.5, 0.6) is 0 Å². The van der Waals surface area contributed by atoms with Gasteiger partial charge in [0.2, 0.25) is 11.8 Å². The minimum atomic E-state index is -0.339. The second-order valence-electron chi connectivity index (χ2n) is 8.81. The molecule has 2 atom stereocenters. The molecule has 31 heavy (non-hydrogen) atoms. The van der Waals surface area contributed by atoms with Crippen LogP contribution < -0.4 is 4.90 Å². The Morgan fingerprint density at radius 1 is 0.516 bits per heavy atom. The number of hydrogen-bond donors (Lipinski definition) is 0. The van der Waals surface area contributed by atoms with Gasteiger partial charge in [-0.05, 0) is 45.2 Å². The van der Waals surface area contributed by atoms with Crippen LogP contribution in [0.25, 0.3) is 10.8 Å². The molecule has 2 amide bonds. The van der Waals surface area contributed by atoms with Crippen LogP contribution in [0.3, 0.4) is 0 Å². The molecule has 4 aliphatic rings. The molecule has 2 bridgehead atoms. The van der Waals surface area contributed by atoms with Gasteiger partial charge < -0.3 is 0 Å². The molecule has 1 saturated heterocycles. The number of anilines is 1. The Labute approximate surface area is 179 Å². The lowest BCUT2D eigenvalue weighted by atomic mass is 9.55. The first-order chi connectivity index (χ1) is 15.2. The average Bonchev–Trinajstić information content (AvgIpc) is 3.09. The van der Waals surface area contributed by atoms with Crippen molar-refractivity contribution in [3.63, 3.8) is 0 Å². The zero-order chi connectivity index (χ0) is 20.7. The number of rotatable bonds is 1. The fraction of sp³-hybridized carbons (Fsp3) is 0.143. The van der Waals surface area contributed by atoms with Crippen LogP contribution in [-0.4, -0.2) is 11.8 Å². The number of fused-ring (bicyclic) bond motifs is 1. The zero-order valence-electron chi connectivity index (χ0n) is 16.7. The van der Waals surface area contributed by atoms with Crippen molar-refractivity contribution in [1.29, 1.82) is 0 Å². The lowest BCUT2D eigenvalue weighted by Gasteiger charge is -2.45. The van der Waals surface area contributed by atoms with Gasteiger partial charge >= 0.3 is 0 Å². The molecule has 0 aromatic heterocycles. The summed E-state index contributed by atoms with van der Waals surface area (Å²) in [6.07, 6.45) is 0. The van der Waals surface area contributed by atoms with E-state index in [0.717, 1.165) is 10.8 Å². The molecule has 148 valence electrons. The summed E-state index contributed by atoms with van der Waals surface area (Å²) in [5.41, 5.74) is 5.49. The highest BCUT2D eigenvalue weighted by molar-refractivity contribution is 6.23. The molecule has 4 aromatic rings. The topological polar surface area (TPSA) is 37.4 Å². The smallest absolute Gasteiger partial charge is 0.238 e. The minimum absolute atomic E-state index is 0.0655. The van der Waals surface area contributed by atoms with Crippen LogP contribution in [0.4, 0.5) is 5.69 Å². The maximum absolute atomic E-state index is 13.8. The van der Waals surface area contributed by atoms with E-state index in [9.17, 15) is 9.59 Å². The highest BCUT2D eigenvalue weighted by atomic mass is 16.2. The highest BCUT2D eigenvalue weighted by Gasteiger charge is 2.61. The Kier molecular flexibility index (Phi) is 3.25. The van der Waals surface area contributed by atoms with Crippen LogP contribution in [-0.2, 0) is 9.59 Å². The van der Waals surface area contributed by atoms with Crippen LogP contribution in [0.1, 0.15) is 34.1 Å². The number of amides is 2. The molecule has 0 spiro atoms. The predicted molar refractivity (Wildman–Crippen MR) is 120 cm³/mol. The molecular weight excluding hydrogens is 382 g/mol. The van der Waals surface area contributed by atoms with E-state index in [2.05, 4.69) is 24.3 Å². The van der Waals surface area contributed by atoms with E-state index < -0.39 is 0 Å². The lowest BCUT2D eigenvalue weighted by Crippen LogP contribution is -2.41. The molecular formula is C28H19NO2. The molecule has 3 nitrogen and oxygen atoms in total. The van der Waals surface area contributed by atoms with Crippen molar-refractivity contribution in [2.75, 3.05) is 4.90 Å². The molecule has 3 heteroatoms. The van der Waals surface area contributed by atoms with Gasteiger partial charge in [-0.25, -0.2) is 4.90 Å². The monoisotopic (exact) mass is 401 g/mol. The SMILES string of the molecule is O=C1[C@H]2C3c4ccccc4C(c4ccccc43)[C@@H]2C(=O)N1c1ccc2ccccc2c1. The maximum Gasteiger partial charge on any atom is 0.238 e. The zero-order valence-corrected chi connectivity index (χ0v) is 16.7. The van der Waals surface area contributed by atoms with E-state index >= 15 is 0 Å². The van der Waals surface area contributed by atoms with E-state index in [1.54, 1.807) is 0 Å². The summed E-state index contributed by atoms with van der Waals surface area (Å²) in [6, 6.07) is 30.6. The Hall–Kier alpha value is -3.72. The van der Waals surface area contributed by atoms with Crippen LogP contribution in [0.15, 0.2) is 91.0 Å². The fourth-order valence-corrected chi connectivity index (χ4v) is 6.25. The predicted octanol–water partition coefficient (Wildman–Crippen LogP) is 5.24. The summed E-state index contributed by atoms with van der Waals surface area (Å²) < 4.78 is 0. The second kappa shape index (κ2) is 5.92. The normalized spacial score (nSPS) is 25.5. The third-order valence-corrected chi connectivity index (χ3v) is 7.44. The number of hydrogen-bond acceptors (Lipinski definition) is 2. The quantitative estimate of drug-likeness (QED) is 0.409. The fourth-order valence-electron chi connectivity index (χ4n) is 6.25. The van der Waals surface area contributed by atoms with Crippen molar-refractivity contribution in [2.45, 2.75) is 11.8 Å². The van der Waals surface area contributed by atoms with Gasteiger partial charge in [-0.3, -0.25) is 9.59 Å². The number of nitrogens with zero attached hydrogens (tertiary/aromatic N) is 1. The number of carbonyl (C=O) groups excluding carboxylic acids is 2. The average molecular weight is 401 g/mol. The van der Waals surface area contributed by atoms with Gasteiger partial charge in [0.15, 0.2) is 0 Å². The van der Waals surface area contributed by atoms with Gasteiger partial charge in [-0.1, -0.05) is 78.9 Å². The number of imide groups is 1. The molecule has 1 fully saturated rings. The maximum atomic E-state index is 13.8. The van der Waals surface area contributed by atoms with Crippen molar-refractivity contribution in [3.05, 3.63) is 113 Å². The molecule has 1 heterocycles. The second-order valence-corrected chi connectivity index (χ2v) is 8.81. The number of benzene rings is 4. The Balaban J connectivity index is 1.42. The molecule has 4 aromatic carbocycles. The van der Waals surface area contributed by atoms with E-state index in [1.165, 1.54) is 27.2 Å². The summed E-state index contributed by atoms with van der Waals surface area (Å²) >= 11 is 0. The lowest BCUT2D eigenvalue weighted by molar-refractivity contribution is -0.122. The summed E-state index contributed by atoms with van der Waals surface area (Å²) in [4.78, 5) is 29.1. The van der Waals surface area contributed by atoms with Crippen molar-refractivity contribution in [2.24, 2.45) is 11.8 Å². The first-order valence-electron chi connectivity index (χ1n) is 10.8. The summed E-state index contributed by atoms with van der Waals surface area (Å²) in [5.74, 6) is -0.940. The van der Waals surface area contributed by atoms with Crippen LogP contribution in [0.2, 0.25) is 0 Å². The highest BCUT2D eigenvalue weighted by Crippen LogP contribution is 2.61. The molecule has 3 aliphatic carbocycles. The largest absolute Gasteiger partial charge is 0.274 e. The van der Waals surface area contributed by atoms with E-state index in [1.807, 2.05) is 66.7 Å². The molecule has 1 aliphatic heterocycles. The molecule has 0 saturated carbocycles. The van der Waals surface area contributed by atoms with Gasteiger partial charge in [-0.15, -0.1) is 0 Å². The first kappa shape index (κ1) is 17.0. The molecule has 0 N–H and O–H groups in total. The van der Waals surface area contributed by atoms with Crippen molar-refractivity contribution < 1.29 is 9.59 Å². The first-order valence-corrected chi connectivity index (χ1v) is 10.8.